The average Bonchev–Trinajstić information content (AvgIpc) is 2.46. The van der Waals surface area contributed by atoms with Crippen molar-refractivity contribution in [3.8, 4) is 11.5 Å². The average molecular weight is 345 g/mol. The van der Waals surface area contributed by atoms with Crippen LogP contribution in [-0.2, 0) is 6.42 Å². The summed E-state index contributed by atoms with van der Waals surface area (Å²) in [6, 6.07) is 11.0. The number of para-hydroxylation sites is 1. The molecule has 2 rings (SSSR count). The number of benzene rings is 2. The molecular weight excluding hydrogens is 329 g/mol. The molecule has 1 unspecified atom stereocenters. The summed E-state index contributed by atoms with van der Waals surface area (Å²) in [5, 5.41) is 1.22. The molecule has 0 aliphatic rings. The normalized spacial score (nSPS) is 12.2. The van der Waals surface area contributed by atoms with E-state index >= 15 is 0 Å². The fourth-order valence-electron chi connectivity index (χ4n) is 1.90. The zero-order valence-corrected chi connectivity index (χ0v) is 13.8. The molecule has 1 atom stereocenters. The van der Waals surface area contributed by atoms with Gasteiger partial charge in [0.1, 0.15) is 11.5 Å². The minimum Gasteiger partial charge on any atom is -0.455 e. The van der Waals surface area contributed by atoms with E-state index in [1.165, 1.54) is 0 Å². The van der Waals surface area contributed by atoms with Crippen molar-refractivity contribution in [1.82, 2.24) is 0 Å². The van der Waals surface area contributed by atoms with Crippen LogP contribution in [0, 0.1) is 0 Å². The molecule has 0 amide bonds. The Labute approximate surface area is 139 Å². The molecule has 0 fully saturated rings. The monoisotopic (exact) mass is 343 g/mol. The summed E-state index contributed by atoms with van der Waals surface area (Å²) >= 11 is 18.1. The lowest BCUT2D eigenvalue weighted by Crippen LogP contribution is -2.21. The quantitative estimate of drug-likeness (QED) is 0.704. The van der Waals surface area contributed by atoms with Crippen molar-refractivity contribution in [1.29, 1.82) is 0 Å². The van der Waals surface area contributed by atoms with Crippen molar-refractivity contribution < 1.29 is 4.74 Å². The molecule has 2 aromatic carbocycles. The molecule has 0 aliphatic carbocycles. The van der Waals surface area contributed by atoms with Crippen molar-refractivity contribution in [3.05, 3.63) is 57.0 Å². The number of hydrogen-bond donors (Lipinski definition) is 1. The van der Waals surface area contributed by atoms with Crippen LogP contribution in [0.5, 0.6) is 11.5 Å². The van der Waals surface area contributed by atoms with Gasteiger partial charge in [-0.05, 0) is 30.5 Å². The second kappa shape index (κ2) is 7.37. The van der Waals surface area contributed by atoms with Crippen LogP contribution in [0.4, 0.5) is 0 Å². The lowest BCUT2D eigenvalue weighted by atomic mass is 10.0. The standard InChI is InChI=1S/C16H16Cl3NO/c1-2-11(20)7-10-5-3-4-6-15(10)21-16-9-13(18)12(17)8-14(16)19/h3-6,8-9,11H,2,7,20H2,1H3. The zero-order chi connectivity index (χ0) is 15.4. The summed E-state index contributed by atoms with van der Waals surface area (Å²) in [4.78, 5) is 0. The predicted octanol–water partition coefficient (Wildman–Crippen LogP) is 5.72. The van der Waals surface area contributed by atoms with Gasteiger partial charge in [-0.2, -0.15) is 0 Å². The SMILES string of the molecule is CCC(N)Cc1ccccc1Oc1cc(Cl)c(Cl)cc1Cl. The Morgan fingerprint density at radius 3 is 2.38 bits per heavy atom. The largest absolute Gasteiger partial charge is 0.455 e. The molecule has 0 aliphatic heterocycles. The Kier molecular flexibility index (Phi) is 5.77. The van der Waals surface area contributed by atoms with Crippen molar-refractivity contribution in [2.45, 2.75) is 25.8 Å². The molecule has 0 saturated heterocycles. The third-order valence-corrected chi connectivity index (χ3v) is 4.19. The van der Waals surface area contributed by atoms with Gasteiger partial charge in [-0.25, -0.2) is 0 Å². The minimum absolute atomic E-state index is 0.0963. The van der Waals surface area contributed by atoms with Crippen LogP contribution in [0.2, 0.25) is 15.1 Å². The van der Waals surface area contributed by atoms with Gasteiger partial charge in [-0.1, -0.05) is 59.9 Å². The second-order valence-electron chi connectivity index (χ2n) is 4.78. The topological polar surface area (TPSA) is 35.2 Å². The fourth-order valence-corrected chi connectivity index (χ4v) is 2.48. The van der Waals surface area contributed by atoms with E-state index in [1.807, 2.05) is 24.3 Å². The summed E-state index contributed by atoms with van der Waals surface area (Å²) < 4.78 is 5.89. The van der Waals surface area contributed by atoms with Crippen LogP contribution in [0.25, 0.3) is 0 Å². The second-order valence-corrected chi connectivity index (χ2v) is 6.00. The van der Waals surface area contributed by atoms with Gasteiger partial charge in [0.15, 0.2) is 0 Å². The molecule has 0 bridgehead atoms. The fraction of sp³-hybridized carbons (Fsp3) is 0.250. The molecular formula is C16H16Cl3NO. The highest BCUT2D eigenvalue weighted by molar-refractivity contribution is 6.43. The summed E-state index contributed by atoms with van der Waals surface area (Å²) in [6.45, 7) is 2.06. The van der Waals surface area contributed by atoms with Crippen LogP contribution in [0.3, 0.4) is 0 Å². The van der Waals surface area contributed by atoms with Gasteiger partial charge >= 0.3 is 0 Å². The Morgan fingerprint density at radius 2 is 1.67 bits per heavy atom. The number of halogens is 3. The minimum atomic E-state index is 0.0963. The molecule has 2 aromatic rings. The maximum absolute atomic E-state index is 6.14. The van der Waals surface area contributed by atoms with Crippen molar-refractivity contribution >= 4 is 34.8 Å². The van der Waals surface area contributed by atoms with E-state index in [1.54, 1.807) is 12.1 Å². The van der Waals surface area contributed by atoms with Gasteiger partial charge in [0.05, 0.1) is 15.1 Å². The van der Waals surface area contributed by atoms with Crippen LogP contribution in [0.1, 0.15) is 18.9 Å². The molecule has 0 heterocycles. The zero-order valence-electron chi connectivity index (χ0n) is 11.6. The first-order valence-corrected chi connectivity index (χ1v) is 7.80. The Balaban J connectivity index is 2.29. The van der Waals surface area contributed by atoms with Crippen molar-refractivity contribution in [3.63, 3.8) is 0 Å². The number of ether oxygens (including phenoxy) is 1. The smallest absolute Gasteiger partial charge is 0.147 e. The maximum atomic E-state index is 6.14. The van der Waals surface area contributed by atoms with Crippen molar-refractivity contribution in [2.24, 2.45) is 5.73 Å². The predicted molar refractivity (Wildman–Crippen MR) is 90.0 cm³/mol. The molecule has 5 heteroatoms. The van der Waals surface area contributed by atoms with Crippen molar-refractivity contribution in [2.75, 3.05) is 0 Å². The maximum Gasteiger partial charge on any atom is 0.147 e. The molecule has 0 spiro atoms. The van der Waals surface area contributed by atoms with E-state index in [0.29, 0.717) is 20.8 Å². The van der Waals surface area contributed by atoms with Crippen LogP contribution < -0.4 is 10.5 Å². The van der Waals surface area contributed by atoms with E-state index in [-0.39, 0.29) is 6.04 Å². The lowest BCUT2D eigenvalue weighted by Gasteiger charge is -2.15. The Bertz CT molecular complexity index is 631. The number of nitrogens with two attached hydrogens (primary N) is 1. The number of rotatable bonds is 5. The first-order chi connectivity index (χ1) is 10.0. The first-order valence-electron chi connectivity index (χ1n) is 6.67. The molecule has 0 aromatic heterocycles. The molecule has 112 valence electrons. The van der Waals surface area contributed by atoms with E-state index in [4.69, 9.17) is 45.3 Å². The number of hydrogen-bond acceptors (Lipinski definition) is 2. The van der Waals surface area contributed by atoms with Gasteiger partial charge in [-0.3, -0.25) is 0 Å². The molecule has 0 radical (unpaired) electrons. The first kappa shape index (κ1) is 16.4. The van der Waals surface area contributed by atoms with E-state index < -0.39 is 0 Å². The van der Waals surface area contributed by atoms with Gasteiger partial charge < -0.3 is 10.5 Å². The highest BCUT2D eigenvalue weighted by Gasteiger charge is 2.12. The van der Waals surface area contributed by atoms with E-state index in [9.17, 15) is 0 Å². The van der Waals surface area contributed by atoms with E-state index in [2.05, 4.69) is 6.92 Å². The molecule has 0 saturated carbocycles. The highest BCUT2D eigenvalue weighted by atomic mass is 35.5. The molecule has 2 N–H and O–H groups in total. The third kappa shape index (κ3) is 4.27. The molecule has 2 nitrogen and oxygen atoms in total. The van der Waals surface area contributed by atoms with Gasteiger partial charge in [0.25, 0.3) is 0 Å². The van der Waals surface area contributed by atoms with Crippen LogP contribution >= 0.6 is 34.8 Å². The summed E-state index contributed by atoms with van der Waals surface area (Å²) in [7, 11) is 0. The summed E-state index contributed by atoms with van der Waals surface area (Å²) in [5.41, 5.74) is 7.06. The Morgan fingerprint density at radius 1 is 1.00 bits per heavy atom. The summed E-state index contributed by atoms with van der Waals surface area (Å²) in [6.07, 6.45) is 1.65. The lowest BCUT2D eigenvalue weighted by molar-refractivity contribution is 0.472. The third-order valence-electron chi connectivity index (χ3n) is 3.17. The van der Waals surface area contributed by atoms with Gasteiger partial charge in [0, 0.05) is 12.1 Å². The van der Waals surface area contributed by atoms with Crippen LogP contribution in [-0.4, -0.2) is 6.04 Å². The molecule has 21 heavy (non-hydrogen) atoms. The van der Waals surface area contributed by atoms with E-state index in [0.717, 1.165) is 24.2 Å². The Hall–Kier alpha value is -0.930. The van der Waals surface area contributed by atoms with Gasteiger partial charge in [-0.15, -0.1) is 0 Å². The van der Waals surface area contributed by atoms with Gasteiger partial charge in [0.2, 0.25) is 0 Å². The summed E-state index contributed by atoms with van der Waals surface area (Å²) in [5.74, 6) is 1.20. The van der Waals surface area contributed by atoms with Crippen LogP contribution in [0.15, 0.2) is 36.4 Å². The highest BCUT2D eigenvalue weighted by Crippen LogP contribution is 2.37.